The van der Waals surface area contributed by atoms with Gasteiger partial charge >= 0.3 is 5.92 Å². The van der Waals surface area contributed by atoms with Crippen LogP contribution in [0, 0.1) is 0 Å². The summed E-state index contributed by atoms with van der Waals surface area (Å²) in [4.78, 5) is 11.4. The molecule has 3 heterocycles. The molecular weight excluding hydrogens is 276 g/mol. The van der Waals surface area contributed by atoms with E-state index in [9.17, 15) is 13.9 Å². The molecule has 0 bridgehead atoms. The monoisotopic (exact) mass is 287 g/mol. The molecule has 0 aliphatic carbocycles. The number of imidazole rings is 1. The second kappa shape index (κ2) is 4.30. The van der Waals surface area contributed by atoms with Crippen LogP contribution in [0.25, 0.3) is 11.2 Å². The maximum Gasteiger partial charge on any atom is 0.320 e. The van der Waals surface area contributed by atoms with Gasteiger partial charge in [0, 0.05) is 0 Å². The highest BCUT2D eigenvalue weighted by Crippen LogP contribution is 2.43. The third-order valence-electron chi connectivity index (χ3n) is 3.20. The minimum atomic E-state index is -3.60. The number of halogens is 2. The number of aliphatic hydroxyl groups is 2. The molecule has 10 heteroatoms. The zero-order valence-electron chi connectivity index (χ0n) is 10.0. The van der Waals surface area contributed by atoms with Gasteiger partial charge in [-0.15, -0.1) is 0 Å². The van der Waals surface area contributed by atoms with E-state index in [0.717, 1.165) is 17.2 Å². The molecule has 8 nitrogen and oxygen atoms in total. The first-order valence-electron chi connectivity index (χ1n) is 5.72. The van der Waals surface area contributed by atoms with Crippen molar-refractivity contribution in [1.29, 1.82) is 0 Å². The van der Waals surface area contributed by atoms with Gasteiger partial charge in [0.2, 0.25) is 6.23 Å². The van der Waals surface area contributed by atoms with Crippen LogP contribution >= 0.6 is 0 Å². The average molecular weight is 287 g/mol. The van der Waals surface area contributed by atoms with Crippen molar-refractivity contribution >= 4 is 17.0 Å². The number of hydrogen-bond acceptors (Lipinski definition) is 7. The average Bonchev–Trinajstić information content (AvgIpc) is 2.92. The van der Waals surface area contributed by atoms with Crippen LogP contribution < -0.4 is 5.73 Å². The lowest BCUT2D eigenvalue weighted by molar-refractivity contribution is -0.138. The fourth-order valence-corrected chi connectivity index (χ4v) is 2.16. The van der Waals surface area contributed by atoms with Gasteiger partial charge in [0.05, 0.1) is 12.9 Å². The third-order valence-corrected chi connectivity index (χ3v) is 3.20. The van der Waals surface area contributed by atoms with Crippen LogP contribution in [0.2, 0.25) is 0 Å². The Labute approximate surface area is 110 Å². The third kappa shape index (κ3) is 1.65. The van der Waals surface area contributed by atoms with Crippen molar-refractivity contribution in [2.24, 2.45) is 0 Å². The van der Waals surface area contributed by atoms with Crippen molar-refractivity contribution in [3.8, 4) is 0 Å². The highest BCUT2D eigenvalue weighted by Gasteiger charge is 2.59. The van der Waals surface area contributed by atoms with Gasteiger partial charge in [-0.1, -0.05) is 0 Å². The Kier molecular flexibility index (Phi) is 2.81. The zero-order chi connectivity index (χ0) is 14.5. The molecule has 2 aromatic heterocycles. The molecule has 0 spiro atoms. The number of anilines is 1. The minimum absolute atomic E-state index is 0.0503. The van der Waals surface area contributed by atoms with Crippen LogP contribution in [-0.4, -0.2) is 54.5 Å². The highest BCUT2D eigenvalue weighted by molar-refractivity contribution is 5.81. The molecule has 3 rings (SSSR count). The van der Waals surface area contributed by atoms with Gasteiger partial charge in [0.15, 0.2) is 17.6 Å². The number of aromatic nitrogens is 4. The van der Waals surface area contributed by atoms with Crippen molar-refractivity contribution in [1.82, 2.24) is 19.5 Å². The molecule has 4 N–H and O–H groups in total. The summed E-state index contributed by atoms with van der Waals surface area (Å²) < 4.78 is 34.0. The van der Waals surface area contributed by atoms with Crippen molar-refractivity contribution in [3.05, 3.63) is 12.7 Å². The van der Waals surface area contributed by atoms with Crippen molar-refractivity contribution in [3.63, 3.8) is 0 Å². The lowest BCUT2D eigenvalue weighted by atomic mass is 10.1. The lowest BCUT2D eigenvalue weighted by Gasteiger charge is -2.20. The molecule has 0 amide bonds. The smallest absolute Gasteiger partial charge is 0.320 e. The molecule has 1 aliphatic heterocycles. The number of fused-ring (bicyclic) bond motifs is 1. The van der Waals surface area contributed by atoms with E-state index in [2.05, 4.69) is 15.0 Å². The first kappa shape index (κ1) is 13.1. The van der Waals surface area contributed by atoms with Crippen LogP contribution in [0.1, 0.15) is 6.23 Å². The van der Waals surface area contributed by atoms with Crippen LogP contribution in [0.3, 0.4) is 0 Å². The number of nitrogens with zero attached hydrogens (tertiary/aromatic N) is 4. The summed E-state index contributed by atoms with van der Waals surface area (Å²) in [6.07, 6.45) is -3.13. The predicted molar refractivity (Wildman–Crippen MR) is 61.7 cm³/mol. The van der Waals surface area contributed by atoms with Gasteiger partial charge < -0.3 is 20.7 Å². The maximum absolute atomic E-state index is 14.0. The van der Waals surface area contributed by atoms with Gasteiger partial charge in [-0.05, 0) is 0 Å². The van der Waals surface area contributed by atoms with Crippen molar-refractivity contribution in [2.75, 3.05) is 12.3 Å². The Bertz CT molecular complexity index is 649. The van der Waals surface area contributed by atoms with Crippen LogP contribution in [0.15, 0.2) is 12.7 Å². The fraction of sp³-hybridized carbons (Fsp3) is 0.500. The lowest BCUT2D eigenvalue weighted by Crippen LogP contribution is -2.39. The molecule has 1 aliphatic rings. The van der Waals surface area contributed by atoms with Crippen molar-refractivity contribution in [2.45, 2.75) is 24.4 Å². The summed E-state index contributed by atoms with van der Waals surface area (Å²) in [7, 11) is 0. The Morgan fingerprint density at radius 3 is 2.80 bits per heavy atom. The molecule has 1 saturated heterocycles. The molecule has 0 saturated carbocycles. The normalized spacial score (nSPS) is 29.1. The number of nitrogen functional groups attached to an aromatic ring is 1. The Morgan fingerprint density at radius 2 is 2.15 bits per heavy atom. The largest absolute Gasteiger partial charge is 0.394 e. The summed E-state index contributed by atoms with van der Waals surface area (Å²) in [5, 5.41) is 18.4. The molecule has 1 unspecified atom stereocenters. The SMILES string of the molecule is Nc1ncnc2c1ncn2[C@@H]1O[C@H](CO)C(O)C1(F)F. The highest BCUT2D eigenvalue weighted by atomic mass is 19.3. The summed E-state index contributed by atoms with van der Waals surface area (Å²) in [6.45, 7) is -0.725. The van der Waals surface area contributed by atoms with Crippen molar-refractivity contribution < 1.29 is 23.7 Å². The number of alkyl halides is 2. The van der Waals surface area contributed by atoms with Gasteiger partial charge in [0.25, 0.3) is 0 Å². The topological polar surface area (TPSA) is 119 Å². The summed E-state index contributed by atoms with van der Waals surface area (Å²) in [5.41, 5.74) is 5.80. The molecule has 0 radical (unpaired) electrons. The van der Waals surface area contributed by atoms with Crippen LogP contribution in [-0.2, 0) is 4.74 Å². The Morgan fingerprint density at radius 1 is 1.40 bits per heavy atom. The van der Waals surface area contributed by atoms with E-state index < -0.39 is 31.0 Å². The summed E-state index contributed by atoms with van der Waals surface area (Å²) in [6, 6.07) is 0. The van der Waals surface area contributed by atoms with E-state index in [1.54, 1.807) is 0 Å². The van der Waals surface area contributed by atoms with Gasteiger partial charge in [-0.3, -0.25) is 4.57 Å². The molecule has 2 aromatic rings. The standard InChI is InChI=1S/C10H11F2N5O3/c11-10(12)6(19)4(1-18)20-9(10)17-3-16-5-7(13)14-2-15-8(5)17/h2-4,6,9,18-19H,1H2,(H2,13,14,15)/t4-,6?,9-/m1/s1. The van der Waals surface area contributed by atoms with E-state index >= 15 is 0 Å². The van der Waals surface area contributed by atoms with E-state index in [0.29, 0.717) is 0 Å². The molecule has 1 fully saturated rings. The quantitative estimate of drug-likeness (QED) is 0.667. The van der Waals surface area contributed by atoms with E-state index in [-0.39, 0.29) is 17.0 Å². The molecule has 0 aromatic carbocycles. The van der Waals surface area contributed by atoms with Gasteiger partial charge in [0.1, 0.15) is 17.9 Å². The number of nitrogens with two attached hydrogens (primary N) is 1. The number of ether oxygens (including phenoxy) is 1. The Hall–Kier alpha value is -1.91. The van der Waals surface area contributed by atoms with E-state index in [4.69, 9.17) is 15.6 Å². The Balaban J connectivity index is 2.10. The van der Waals surface area contributed by atoms with Crippen LogP contribution in [0.5, 0.6) is 0 Å². The first-order chi connectivity index (χ1) is 9.46. The molecule has 108 valence electrons. The number of rotatable bonds is 2. The molecule has 3 atom stereocenters. The van der Waals surface area contributed by atoms with E-state index in [1.807, 2.05) is 0 Å². The predicted octanol–water partition coefficient (Wildman–Crippen LogP) is -0.706. The van der Waals surface area contributed by atoms with E-state index in [1.165, 1.54) is 0 Å². The second-order valence-electron chi connectivity index (χ2n) is 4.41. The maximum atomic E-state index is 14.0. The molecule has 20 heavy (non-hydrogen) atoms. The number of hydrogen-bond donors (Lipinski definition) is 3. The molecular formula is C10H11F2N5O3. The van der Waals surface area contributed by atoms with Gasteiger partial charge in [-0.2, -0.15) is 8.78 Å². The first-order valence-corrected chi connectivity index (χ1v) is 5.72. The number of aliphatic hydroxyl groups excluding tert-OH is 2. The summed E-state index contributed by atoms with van der Waals surface area (Å²) >= 11 is 0. The van der Waals surface area contributed by atoms with Crippen LogP contribution in [0.4, 0.5) is 14.6 Å². The van der Waals surface area contributed by atoms with Gasteiger partial charge in [-0.25, -0.2) is 15.0 Å². The summed E-state index contributed by atoms with van der Waals surface area (Å²) in [5.74, 6) is -3.55. The minimum Gasteiger partial charge on any atom is -0.394 e. The zero-order valence-corrected chi connectivity index (χ0v) is 10.0. The second-order valence-corrected chi connectivity index (χ2v) is 4.41. The fourth-order valence-electron chi connectivity index (χ4n) is 2.16.